The predicted octanol–water partition coefficient (Wildman–Crippen LogP) is 2.33. The minimum Gasteiger partial charge on any atom is -0.394 e. The van der Waals surface area contributed by atoms with E-state index in [2.05, 4.69) is 10.3 Å². The van der Waals surface area contributed by atoms with E-state index >= 15 is 0 Å². The van der Waals surface area contributed by atoms with Crippen LogP contribution in [0.1, 0.15) is 38.3 Å². The van der Waals surface area contributed by atoms with Gasteiger partial charge in [0.25, 0.3) is 0 Å². The van der Waals surface area contributed by atoms with E-state index < -0.39 is 24.5 Å². The first-order chi connectivity index (χ1) is 15.6. The van der Waals surface area contributed by atoms with Crippen molar-refractivity contribution in [3.05, 3.63) is 36.7 Å². The topological polar surface area (TPSA) is 126 Å². The van der Waals surface area contributed by atoms with Gasteiger partial charge in [-0.05, 0) is 36.7 Å². The summed E-state index contributed by atoms with van der Waals surface area (Å²) in [5.74, 6) is 0.658. The number of aliphatic hydroxyl groups is 3. The quantitative estimate of drug-likeness (QED) is 0.413. The van der Waals surface area contributed by atoms with Gasteiger partial charge < -0.3 is 25.4 Å². The second-order valence-corrected chi connectivity index (χ2v) is 9.34. The first kappa shape index (κ1) is 21.6. The van der Waals surface area contributed by atoms with Gasteiger partial charge in [-0.3, -0.25) is 4.57 Å². The van der Waals surface area contributed by atoms with Crippen molar-refractivity contribution in [2.45, 2.75) is 72.7 Å². The Balaban J connectivity index is 1.54. The molecule has 10 heteroatoms. The summed E-state index contributed by atoms with van der Waals surface area (Å²) in [6.07, 6.45) is 3.18. The van der Waals surface area contributed by atoms with E-state index in [9.17, 15) is 15.3 Å². The fourth-order valence-electron chi connectivity index (χ4n) is 4.37. The van der Waals surface area contributed by atoms with Crippen LogP contribution in [0.25, 0.3) is 11.2 Å². The second kappa shape index (κ2) is 9.32. The van der Waals surface area contributed by atoms with E-state index in [-0.39, 0.29) is 6.61 Å². The van der Waals surface area contributed by atoms with Crippen LogP contribution in [0.15, 0.2) is 46.7 Å². The number of anilines is 1. The van der Waals surface area contributed by atoms with Crippen LogP contribution in [0.5, 0.6) is 0 Å². The van der Waals surface area contributed by atoms with Crippen LogP contribution in [-0.4, -0.2) is 65.8 Å². The number of benzene rings is 1. The van der Waals surface area contributed by atoms with Crippen LogP contribution in [0.2, 0.25) is 0 Å². The molecule has 4 atom stereocenters. The smallest absolute Gasteiger partial charge is 0.196 e. The number of aromatic nitrogens is 4. The Morgan fingerprint density at radius 1 is 1.06 bits per heavy atom. The number of aliphatic hydroxyl groups excluding tert-OH is 3. The Kier molecular flexibility index (Phi) is 6.29. The zero-order chi connectivity index (χ0) is 22.1. The van der Waals surface area contributed by atoms with Crippen LogP contribution in [0.3, 0.4) is 0 Å². The van der Waals surface area contributed by atoms with Crippen molar-refractivity contribution >= 4 is 28.7 Å². The van der Waals surface area contributed by atoms with Crippen LogP contribution in [0, 0.1) is 0 Å². The number of fused-ring (bicyclic) bond motifs is 1. The van der Waals surface area contributed by atoms with Crippen molar-refractivity contribution in [1.82, 2.24) is 19.5 Å². The van der Waals surface area contributed by atoms with E-state index in [0.29, 0.717) is 28.2 Å². The van der Waals surface area contributed by atoms with Crippen LogP contribution >= 0.6 is 11.8 Å². The highest BCUT2D eigenvalue weighted by Crippen LogP contribution is 2.35. The summed E-state index contributed by atoms with van der Waals surface area (Å²) < 4.78 is 7.33. The molecule has 0 spiro atoms. The third-order valence-electron chi connectivity index (χ3n) is 6.09. The summed E-state index contributed by atoms with van der Waals surface area (Å²) in [5.41, 5.74) is 1.09. The van der Waals surface area contributed by atoms with Gasteiger partial charge in [-0.15, -0.1) is 0 Å². The maximum absolute atomic E-state index is 10.5. The molecular formula is C22H27N5O4S. The molecule has 2 aliphatic rings. The van der Waals surface area contributed by atoms with E-state index in [1.165, 1.54) is 31.0 Å². The van der Waals surface area contributed by atoms with Crippen LogP contribution < -0.4 is 5.32 Å². The summed E-state index contributed by atoms with van der Waals surface area (Å²) in [5, 5.41) is 34.3. The molecule has 170 valence electrons. The number of nitrogens with zero attached hydrogens (tertiary/aromatic N) is 4. The molecular weight excluding hydrogens is 430 g/mol. The monoisotopic (exact) mass is 457 g/mol. The fourth-order valence-corrected chi connectivity index (χ4v) is 5.15. The molecule has 1 aliphatic carbocycles. The molecule has 1 saturated carbocycles. The number of imidazole rings is 1. The second-order valence-electron chi connectivity index (χ2n) is 8.30. The average molecular weight is 458 g/mol. The lowest BCUT2D eigenvalue weighted by Crippen LogP contribution is -2.33. The third-order valence-corrected chi connectivity index (χ3v) is 6.96. The molecule has 2 aromatic heterocycles. The lowest BCUT2D eigenvalue weighted by Gasteiger charge is -2.23. The first-order valence-electron chi connectivity index (χ1n) is 11.0. The summed E-state index contributed by atoms with van der Waals surface area (Å²) in [6.45, 7) is -0.389. The predicted molar refractivity (Wildman–Crippen MR) is 119 cm³/mol. The SMILES string of the molecule is OC[C@H]1OC(n2cnc3c(NC4CCCCC4)nc(Sc4ccccc4)nc32)[C@H](O)[C@@H]1O. The fraction of sp³-hybridized carbons (Fsp3) is 0.500. The summed E-state index contributed by atoms with van der Waals surface area (Å²) in [6, 6.07) is 10.2. The molecule has 5 rings (SSSR count). The average Bonchev–Trinajstić information content (AvgIpc) is 3.36. The summed E-state index contributed by atoms with van der Waals surface area (Å²) >= 11 is 1.44. The highest BCUT2D eigenvalue weighted by Gasteiger charge is 2.44. The standard InChI is InChI=1S/C22H27N5O4S/c28-11-15-17(29)18(30)21(31-15)27-12-23-16-19(24-13-7-3-1-4-8-13)25-22(26-20(16)27)32-14-9-5-2-6-10-14/h2,5-6,9-10,12-13,15,17-18,21,28-30H,1,3-4,7-8,11H2,(H,24,25,26)/t15-,17-,18-,21?/m1/s1. The van der Waals surface area contributed by atoms with Gasteiger partial charge in [0.2, 0.25) is 0 Å². The molecule has 3 aromatic rings. The van der Waals surface area contributed by atoms with Gasteiger partial charge in [-0.2, -0.15) is 0 Å². The molecule has 0 amide bonds. The normalized spacial score (nSPS) is 26.6. The molecule has 32 heavy (non-hydrogen) atoms. The Morgan fingerprint density at radius 3 is 2.56 bits per heavy atom. The number of rotatable bonds is 6. The molecule has 1 saturated heterocycles. The largest absolute Gasteiger partial charge is 0.394 e. The highest BCUT2D eigenvalue weighted by molar-refractivity contribution is 7.99. The van der Waals surface area contributed by atoms with Crippen LogP contribution in [0.4, 0.5) is 5.82 Å². The van der Waals surface area contributed by atoms with Gasteiger partial charge in [-0.1, -0.05) is 37.5 Å². The van der Waals surface area contributed by atoms with Gasteiger partial charge in [0.15, 0.2) is 28.4 Å². The maximum Gasteiger partial charge on any atom is 0.196 e. The van der Waals surface area contributed by atoms with Gasteiger partial charge in [0.1, 0.15) is 18.3 Å². The van der Waals surface area contributed by atoms with Crippen molar-refractivity contribution in [1.29, 1.82) is 0 Å². The Bertz CT molecular complexity index is 1060. The molecule has 9 nitrogen and oxygen atoms in total. The van der Waals surface area contributed by atoms with Crippen LogP contribution in [-0.2, 0) is 4.74 Å². The third kappa shape index (κ3) is 4.20. The number of nitrogens with one attached hydrogen (secondary N) is 1. The summed E-state index contributed by atoms with van der Waals surface area (Å²) in [4.78, 5) is 15.0. The minimum absolute atomic E-state index is 0.329. The van der Waals surface area contributed by atoms with Gasteiger partial charge in [0, 0.05) is 10.9 Å². The van der Waals surface area contributed by atoms with Gasteiger partial charge >= 0.3 is 0 Å². The molecule has 2 fully saturated rings. The van der Waals surface area contributed by atoms with Crippen molar-refractivity contribution in [3.63, 3.8) is 0 Å². The molecule has 0 bridgehead atoms. The lowest BCUT2D eigenvalue weighted by molar-refractivity contribution is -0.0511. The van der Waals surface area contributed by atoms with Crippen molar-refractivity contribution < 1.29 is 20.1 Å². The number of hydrogen-bond donors (Lipinski definition) is 4. The van der Waals surface area contributed by atoms with E-state index in [1.807, 2.05) is 30.3 Å². The van der Waals surface area contributed by atoms with Crippen molar-refractivity contribution in [2.24, 2.45) is 0 Å². The number of hydrogen-bond acceptors (Lipinski definition) is 9. The highest BCUT2D eigenvalue weighted by atomic mass is 32.2. The van der Waals surface area contributed by atoms with Crippen molar-refractivity contribution in [3.8, 4) is 0 Å². The molecule has 4 N–H and O–H groups in total. The Labute approximate surface area is 189 Å². The zero-order valence-corrected chi connectivity index (χ0v) is 18.4. The maximum atomic E-state index is 10.5. The lowest BCUT2D eigenvalue weighted by atomic mass is 9.95. The van der Waals surface area contributed by atoms with Gasteiger partial charge in [-0.25, -0.2) is 15.0 Å². The Morgan fingerprint density at radius 2 is 1.84 bits per heavy atom. The summed E-state index contributed by atoms with van der Waals surface area (Å²) in [7, 11) is 0. The van der Waals surface area contributed by atoms with E-state index in [1.54, 1.807) is 10.9 Å². The zero-order valence-electron chi connectivity index (χ0n) is 17.5. The molecule has 1 aliphatic heterocycles. The molecule has 1 aromatic carbocycles. The molecule has 1 unspecified atom stereocenters. The van der Waals surface area contributed by atoms with Crippen molar-refractivity contribution in [2.75, 3.05) is 11.9 Å². The molecule has 0 radical (unpaired) electrons. The van der Waals surface area contributed by atoms with Gasteiger partial charge in [0.05, 0.1) is 12.9 Å². The Hall–Kier alpha value is -2.24. The molecule has 3 heterocycles. The number of ether oxygens (including phenoxy) is 1. The first-order valence-corrected chi connectivity index (χ1v) is 11.8. The minimum atomic E-state index is -1.21. The van der Waals surface area contributed by atoms with E-state index in [0.717, 1.165) is 17.7 Å². The van der Waals surface area contributed by atoms with E-state index in [4.69, 9.17) is 14.7 Å².